The number of aryl methyl sites for hydroxylation is 2. The van der Waals surface area contributed by atoms with Gasteiger partial charge in [0.15, 0.2) is 0 Å². The van der Waals surface area contributed by atoms with Gasteiger partial charge in [-0.25, -0.2) is 4.79 Å². The van der Waals surface area contributed by atoms with Crippen molar-refractivity contribution in [2.24, 2.45) is 0 Å². The minimum Gasteiger partial charge on any atom is -0.481 e. The summed E-state index contributed by atoms with van der Waals surface area (Å²) in [5.41, 5.74) is 2.32. The zero-order valence-corrected chi connectivity index (χ0v) is 13.9. The Hall–Kier alpha value is -1.95. The molecule has 0 amide bonds. The van der Waals surface area contributed by atoms with Gasteiger partial charge in [-0.3, -0.25) is 9.78 Å². The van der Waals surface area contributed by atoms with Gasteiger partial charge in [0.05, 0.1) is 23.4 Å². The van der Waals surface area contributed by atoms with Crippen LogP contribution < -0.4 is 0 Å². The molecule has 2 aromatic rings. The average molecular weight is 366 g/mol. The van der Waals surface area contributed by atoms with E-state index in [1.807, 2.05) is 18.2 Å². The van der Waals surface area contributed by atoms with Crippen LogP contribution in [0.25, 0.3) is 10.9 Å². The second kappa shape index (κ2) is 6.87. The number of halogens is 1. The number of nitrogens with zero attached hydrogens (tertiary/aromatic N) is 1. The number of hydrogen-bond donors (Lipinski definition) is 1. The number of carbonyl (C=O) groups excluding carboxylic acids is 1. The normalized spacial score (nSPS) is 10.7. The molecule has 0 radical (unpaired) electrons. The molecule has 0 unspecified atom stereocenters. The van der Waals surface area contributed by atoms with Crippen LogP contribution in [0, 0.1) is 6.92 Å². The lowest BCUT2D eigenvalue weighted by atomic mass is 9.97. The van der Waals surface area contributed by atoms with Crippen LogP contribution in [-0.4, -0.2) is 28.6 Å². The van der Waals surface area contributed by atoms with Gasteiger partial charge in [0.1, 0.15) is 0 Å². The molecule has 0 spiro atoms. The van der Waals surface area contributed by atoms with Crippen LogP contribution in [0.4, 0.5) is 0 Å². The number of fused-ring (bicyclic) bond motifs is 1. The lowest BCUT2D eigenvalue weighted by Crippen LogP contribution is -2.13. The summed E-state index contributed by atoms with van der Waals surface area (Å²) in [6.45, 7) is 3.72. The third-order valence-corrected chi connectivity index (χ3v) is 3.80. The largest absolute Gasteiger partial charge is 0.481 e. The maximum Gasteiger partial charge on any atom is 0.340 e. The number of carboxylic acids is 1. The van der Waals surface area contributed by atoms with Crippen LogP contribution in [0.1, 0.15) is 35.0 Å². The van der Waals surface area contributed by atoms with Crippen molar-refractivity contribution in [2.45, 2.75) is 26.7 Å². The third kappa shape index (κ3) is 3.44. The Balaban J connectivity index is 2.68. The minimum atomic E-state index is -0.910. The first-order valence-corrected chi connectivity index (χ1v) is 7.71. The van der Waals surface area contributed by atoms with Crippen LogP contribution in [0.15, 0.2) is 22.7 Å². The Bertz CT molecular complexity index is 742. The molecule has 0 aliphatic rings. The fraction of sp³-hybridized carbons (Fsp3) is 0.312. The summed E-state index contributed by atoms with van der Waals surface area (Å²) < 4.78 is 5.94. The van der Waals surface area contributed by atoms with E-state index in [0.717, 1.165) is 15.4 Å². The molecule has 1 heterocycles. The molecule has 1 aromatic carbocycles. The van der Waals surface area contributed by atoms with Crippen molar-refractivity contribution in [3.8, 4) is 0 Å². The highest BCUT2D eigenvalue weighted by Crippen LogP contribution is 2.28. The van der Waals surface area contributed by atoms with Crippen molar-refractivity contribution in [3.63, 3.8) is 0 Å². The van der Waals surface area contributed by atoms with Crippen molar-refractivity contribution in [1.29, 1.82) is 0 Å². The number of aromatic nitrogens is 1. The number of rotatable bonds is 5. The molecule has 0 saturated carbocycles. The molecule has 0 saturated heterocycles. The van der Waals surface area contributed by atoms with Crippen molar-refractivity contribution < 1.29 is 19.4 Å². The van der Waals surface area contributed by atoms with E-state index in [2.05, 4.69) is 20.9 Å². The van der Waals surface area contributed by atoms with Crippen molar-refractivity contribution >= 4 is 38.8 Å². The number of ether oxygens (including phenoxy) is 1. The molecule has 0 atom stereocenters. The number of carboxylic acid groups (broad SMARTS) is 1. The van der Waals surface area contributed by atoms with E-state index in [9.17, 15) is 9.59 Å². The molecular formula is C16H16BrNO4. The summed E-state index contributed by atoms with van der Waals surface area (Å²) in [5.74, 6) is -1.37. The summed E-state index contributed by atoms with van der Waals surface area (Å²) in [4.78, 5) is 27.6. The Kier molecular flexibility index (Phi) is 5.13. The van der Waals surface area contributed by atoms with Gasteiger partial charge in [-0.2, -0.15) is 0 Å². The van der Waals surface area contributed by atoms with E-state index < -0.39 is 11.9 Å². The lowest BCUT2D eigenvalue weighted by molar-refractivity contribution is -0.136. The first kappa shape index (κ1) is 16.4. The van der Waals surface area contributed by atoms with E-state index in [-0.39, 0.29) is 19.4 Å². The highest BCUT2D eigenvalue weighted by atomic mass is 79.9. The quantitative estimate of drug-likeness (QED) is 0.820. The maximum absolute atomic E-state index is 12.2. The molecular weight excluding hydrogens is 350 g/mol. The SMILES string of the molecule is CCOC(=O)c1c(C)nc2ccc(Br)cc2c1CCC(=O)O. The van der Waals surface area contributed by atoms with Gasteiger partial charge in [-0.05, 0) is 44.0 Å². The van der Waals surface area contributed by atoms with E-state index in [4.69, 9.17) is 9.84 Å². The summed E-state index contributed by atoms with van der Waals surface area (Å²) >= 11 is 3.40. The molecule has 22 heavy (non-hydrogen) atoms. The summed E-state index contributed by atoms with van der Waals surface area (Å²) in [6.07, 6.45) is 0.192. The summed E-state index contributed by atoms with van der Waals surface area (Å²) in [6, 6.07) is 5.55. The number of benzene rings is 1. The van der Waals surface area contributed by atoms with Crippen LogP contribution in [0.2, 0.25) is 0 Å². The fourth-order valence-electron chi connectivity index (χ4n) is 2.40. The van der Waals surface area contributed by atoms with Gasteiger partial charge in [0, 0.05) is 16.3 Å². The van der Waals surface area contributed by atoms with Gasteiger partial charge in [-0.1, -0.05) is 15.9 Å². The molecule has 0 fully saturated rings. The molecule has 116 valence electrons. The third-order valence-electron chi connectivity index (χ3n) is 3.30. The molecule has 0 aliphatic carbocycles. The zero-order valence-electron chi connectivity index (χ0n) is 12.4. The van der Waals surface area contributed by atoms with Crippen molar-refractivity contribution in [3.05, 3.63) is 39.5 Å². The number of esters is 1. The van der Waals surface area contributed by atoms with E-state index in [1.54, 1.807) is 13.8 Å². The second-order valence-corrected chi connectivity index (χ2v) is 5.74. The molecule has 1 N–H and O–H groups in total. The second-order valence-electron chi connectivity index (χ2n) is 4.83. The van der Waals surface area contributed by atoms with Gasteiger partial charge < -0.3 is 9.84 Å². The topological polar surface area (TPSA) is 76.5 Å². The lowest BCUT2D eigenvalue weighted by Gasteiger charge is -2.14. The minimum absolute atomic E-state index is 0.0581. The molecule has 0 bridgehead atoms. The number of aliphatic carboxylic acids is 1. The molecule has 1 aromatic heterocycles. The van der Waals surface area contributed by atoms with Gasteiger partial charge in [0.25, 0.3) is 0 Å². The predicted octanol–water partition coefficient (Wildman–Crippen LogP) is 3.50. The van der Waals surface area contributed by atoms with Crippen LogP contribution in [0.5, 0.6) is 0 Å². The summed E-state index contributed by atoms with van der Waals surface area (Å²) in [7, 11) is 0. The van der Waals surface area contributed by atoms with E-state index in [0.29, 0.717) is 16.8 Å². The van der Waals surface area contributed by atoms with Crippen molar-refractivity contribution in [1.82, 2.24) is 4.98 Å². The summed E-state index contributed by atoms with van der Waals surface area (Å²) in [5, 5.41) is 9.73. The van der Waals surface area contributed by atoms with E-state index in [1.165, 1.54) is 0 Å². The Morgan fingerprint density at radius 1 is 1.36 bits per heavy atom. The molecule has 5 nitrogen and oxygen atoms in total. The Morgan fingerprint density at radius 2 is 2.09 bits per heavy atom. The average Bonchev–Trinajstić information content (AvgIpc) is 2.45. The maximum atomic E-state index is 12.2. The fourth-order valence-corrected chi connectivity index (χ4v) is 2.76. The van der Waals surface area contributed by atoms with Crippen molar-refractivity contribution in [2.75, 3.05) is 6.61 Å². The van der Waals surface area contributed by atoms with Gasteiger partial charge in [0.2, 0.25) is 0 Å². The first-order valence-electron chi connectivity index (χ1n) is 6.91. The molecule has 0 aliphatic heterocycles. The molecule has 2 rings (SSSR count). The van der Waals surface area contributed by atoms with Crippen LogP contribution in [-0.2, 0) is 16.0 Å². The highest BCUT2D eigenvalue weighted by molar-refractivity contribution is 9.10. The van der Waals surface area contributed by atoms with E-state index >= 15 is 0 Å². The number of pyridine rings is 1. The van der Waals surface area contributed by atoms with Crippen LogP contribution >= 0.6 is 15.9 Å². The Morgan fingerprint density at radius 3 is 2.73 bits per heavy atom. The first-order chi connectivity index (χ1) is 10.4. The Labute approximate surface area is 136 Å². The highest BCUT2D eigenvalue weighted by Gasteiger charge is 2.20. The zero-order chi connectivity index (χ0) is 16.3. The number of hydrogen-bond acceptors (Lipinski definition) is 4. The molecule has 6 heteroatoms. The van der Waals surface area contributed by atoms with Gasteiger partial charge >= 0.3 is 11.9 Å². The van der Waals surface area contributed by atoms with Crippen LogP contribution in [0.3, 0.4) is 0 Å². The smallest absolute Gasteiger partial charge is 0.340 e. The predicted molar refractivity (Wildman–Crippen MR) is 86.1 cm³/mol. The van der Waals surface area contributed by atoms with Gasteiger partial charge in [-0.15, -0.1) is 0 Å². The monoisotopic (exact) mass is 365 g/mol. The number of carbonyl (C=O) groups is 2. The standard InChI is InChI=1S/C16H16BrNO4/c1-3-22-16(21)15-9(2)18-13-6-4-10(17)8-12(13)11(15)5-7-14(19)20/h4,6,8H,3,5,7H2,1-2H3,(H,19,20).